The van der Waals surface area contributed by atoms with Gasteiger partial charge in [-0.05, 0) is 91.8 Å². The van der Waals surface area contributed by atoms with Gasteiger partial charge in [0.15, 0.2) is 0 Å². The highest BCUT2D eigenvalue weighted by Crippen LogP contribution is 2.64. The van der Waals surface area contributed by atoms with Gasteiger partial charge in [0.2, 0.25) is 0 Å². The Hall–Kier alpha value is 2.19. The third-order valence-electron chi connectivity index (χ3n) is 8.35. The lowest BCUT2D eigenvalue weighted by Gasteiger charge is -2.61. The maximum absolute atomic E-state index is 2.72. The van der Waals surface area contributed by atoms with Crippen molar-refractivity contribution in [3.8, 4) is 0 Å². The molecule has 5 atom stereocenters. The summed E-state index contributed by atoms with van der Waals surface area (Å²) in [7, 11) is 0. The van der Waals surface area contributed by atoms with Crippen LogP contribution < -0.4 is 0 Å². The first-order chi connectivity index (χ1) is 10.7. The van der Waals surface area contributed by atoms with Crippen molar-refractivity contribution in [3.63, 3.8) is 0 Å². The summed E-state index contributed by atoms with van der Waals surface area (Å²) >= 11 is 8.08. The minimum atomic E-state index is 0.755. The number of hydrogen-bond donors (Lipinski definition) is 0. The number of rotatable bonds is 6. The average Bonchev–Trinajstić information content (AvgIpc) is 3.16. The van der Waals surface area contributed by atoms with Gasteiger partial charge in [0.05, 0.1) is 0 Å². The Labute approximate surface area is 177 Å². The molecule has 5 fully saturated rings. The van der Waals surface area contributed by atoms with E-state index < -0.39 is 0 Å². The maximum Gasteiger partial charge on any atom is 0.00646 e. The standard InChI is InChI=1S/C19H29I3/c20-10-18(9-14-1-2-15(18)7-14)4-3-13-5-16-8-17(6-13)19(16,11-21)12-22/h13-17H,1-12H2. The van der Waals surface area contributed by atoms with Gasteiger partial charge in [-0.1, -0.05) is 74.2 Å². The molecule has 0 spiro atoms. The molecular formula is C19H29I3. The topological polar surface area (TPSA) is 0 Å². The van der Waals surface area contributed by atoms with Crippen LogP contribution in [-0.4, -0.2) is 13.3 Å². The molecule has 5 saturated carbocycles. The van der Waals surface area contributed by atoms with E-state index in [1.165, 1.54) is 13.3 Å². The van der Waals surface area contributed by atoms with Crippen molar-refractivity contribution < 1.29 is 0 Å². The van der Waals surface area contributed by atoms with Crippen LogP contribution in [0.2, 0.25) is 0 Å². The second kappa shape index (κ2) is 6.73. The second-order valence-corrected chi connectivity index (χ2v) is 11.4. The molecule has 126 valence electrons. The Kier molecular flexibility index (Phi) is 5.38. The van der Waals surface area contributed by atoms with E-state index in [0.717, 1.165) is 40.4 Å². The fraction of sp³-hybridized carbons (Fsp3) is 1.00. The summed E-state index contributed by atoms with van der Waals surface area (Å²) in [4.78, 5) is 0. The van der Waals surface area contributed by atoms with E-state index in [4.69, 9.17) is 0 Å². The van der Waals surface area contributed by atoms with Gasteiger partial charge >= 0.3 is 0 Å². The lowest BCUT2D eigenvalue weighted by Crippen LogP contribution is -2.56. The first-order valence-electron chi connectivity index (χ1n) is 9.33. The summed E-state index contributed by atoms with van der Waals surface area (Å²) < 4.78 is 4.27. The first-order valence-corrected chi connectivity index (χ1v) is 13.9. The van der Waals surface area contributed by atoms with Gasteiger partial charge in [-0.3, -0.25) is 0 Å². The zero-order chi connectivity index (χ0) is 15.4. The van der Waals surface area contributed by atoms with Gasteiger partial charge in [0.1, 0.15) is 0 Å². The summed E-state index contributed by atoms with van der Waals surface area (Å²) in [6.45, 7) is 0. The molecule has 3 heteroatoms. The Balaban J connectivity index is 1.35. The molecule has 22 heavy (non-hydrogen) atoms. The third kappa shape index (κ3) is 2.66. The quantitative estimate of drug-likeness (QED) is 0.219. The smallest absolute Gasteiger partial charge is 0.00646 e. The summed E-state index contributed by atoms with van der Waals surface area (Å²) in [5, 5.41) is 0. The van der Waals surface area contributed by atoms with Crippen molar-refractivity contribution in [1.82, 2.24) is 0 Å². The lowest BCUT2D eigenvalue weighted by molar-refractivity contribution is -0.0817. The van der Waals surface area contributed by atoms with Crippen LogP contribution in [0.5, 0.6) is 0 Å². The van der Waals surface area contributed by atoms with Crippen molar-refractivity contribution in [1.29, 1.82) is 0 Å². The van der Waals surface area contributed by atoms with E-state index in [0.29, 0.717) is 0 Å². The zero-order valence-electron chi connectivity index (χ0n) is 13.5. The molecule has 4 bridgehead atoms. The number of alkyl halides is 3. The average molecular weight is 638 g/mol. The van der Waals surface area contributed by atoms with Crippen LogP contribution in [0.15, 0.2) is 0 Å². The first kappa shape index (κ1) is 17.6. The molecule has 0 aliphatic heterocycles. The predicted octanol–water partition coefficient (Wildman–Crippen LogP) is 6.91. The molecule has 0 saturated heterocycles. The van der Waals surface area contributed by atoms with Crippen LogP contribution in [0.1, 0.15) is 57.8 Å². The van der Waals surface area contributed by atoms with Crippen LogP contribution in [0.4, 0.5) is 0 Å². The van der Waals surface area contributed by atoms with Crippen molar-refractivity contribution in [3.05, 3.63) is 0 Å². The molecule has 0 nitrogen and oxygen atoms in total. The highest BCUT2D eigenvalue weighted by Gasteiger charge is 2.57. The fourth-order valence-corrected chi connectivity index (χ4v) is 12.2. The van der Waals surface area contributed by atoms with Crippen LogP contribution in [0, 0.1) is 40.4 Å². The highest BCUT2D eigenvalue weighted by atomic mass is 127. The van der Waals surface area contributed by atoms with Gasteiger partial charge in [0, 0.05) is 13.3 Å². The molecule has 0 aromatic carbocycles. The highest BCUT2D eigenvalue weighted by molar-refractivity contribution is 14.1. The third-order valence-corrected chi connectivity index (χ3v) is 12.7. The number of hydrogen-bond acceptors (Lipinski definition) is 0. The van der Waals surface area contributed by atoms with E-state index in [1.54, 1.807) is 57.8 Å². The molecule has 0 amide bonds. The fourth-order valence-electron chi connectivity index (χ4n) is 6.84. The van der Waals surface area contributed by atoms with E-state index in [2.05, 4.69) is 67.8 Å². The molecule has 0 aromatic rings. The summed E-state index contributed by atoms with van der Waals surface area (Å²) in [6, 6.07) is 0. The zero-order valence-corrected chi connectivity index (χ0v) is 20.0. The molecular weight excluding hydrogens is 609 g/mol. The Morgan fingerprint density at radius 2 is 1.50 bits per heavy atom. The van der Waals surface area contributed by atoms with Crippen molar-refractivity contribution >= 4 is 67.8 Å². The molecule has 5 rings (SSSR count). The van der Waals surface area contributed by atoms with E-state index in [9.17, 15) is 0 Å². The van der Waals surface area contributed by atoms with Crippen LogP contribution in [-0.2, 0) is 0 Å². The molecule has 5 aliphatic rings. The maximum atomic E-state index is 2.72. The molecule has 0 aromatic heterocycles. The Morgan fingerprint density at radius 3 is 2.00 bits per heavy atom. The molecule has 0 N–H and O–H groups in total. The van der Waals surface area contributed by atoms with Crippen LogP contribution >= 0.6 is 67.8 Å². The van der Waals surface area contributed by atoms with Crippen molar-refractivity contribution in [2.75, 3.05) is 13.3 Å². The van der Waals surface area contributed by atoms with Crippen molar-refractivity contribution in [2.24, 2.45) is 40.4 Å². The van der Waals surface area contributed by atoms with Crippen molar-refractivity contribution in [2.45, 2.75) is 57.8 Å². The lowest BCUT2D eigenvalue weighted by atomic mass is 9.46. The largest absolute Gasteiger partial charge is 0.0858 e. The molecule has 0 heterocycles. The van der Waals surface area contributed by atoms with Gasteiger partial charge in [-0.25, -0.2) is 0 Å². The number of fused-ring (bicyclic) bond motifs is 4. The van der Waals surface area contributed by atoms with E-state index >= 15 is 0 Å². The predicted molar refractivity (Wildman–Crippen MR) is 121 cm³/mol. The van der Waals surface area contributed by atoms with Crippen LogP contribution in [0.25, 0.3) is 0 Å². The molecule has 5 unspecified atom stereocenters. The summed E-state index contributed by atoms with van der Waals surface area (Å²) in [5.74, 6) is 5.48. The Bertz CT molecular complexity index is 405. The number of halogens is 3. The second-order valence-electron chi connectivity index (χ2n) is 9.08. The molecule has 0 radical (unpaired) electrons. The normalized spacial score (nSPS) is 48.4. The Morgan fingerprint density at radius 1 is 0.773 bits per heavy atom. The summed E-state index contributed by atoms with van der Waals surface area (Å²) in [6.07, 6.45) is 14.2. The van der Waals surface area contributed by atoms with Gasteiger partial charge < -0.3 is 0 Å². The monoisotopic (exact) mass is 638 g/mol. The van der Waals surface area contributed by atoms with E-state index in [1.807, 2.05) is 0 Å². The minimum absolute atomic E-state index is 0.755. The molecule has 5 aliphatic carbocycles. The summed E-state index contributed by atoms with van der Waals surface area (Å²) in [5.41, 5.74) is 1.53. The minimum Gasteiger partial charge on any atom is -0.0858 e. The van der Waals surface area contributed by atoms with Gasteiger partial charge in [-0.2, -0.15) is 0 Å². The van der Waals surface area contributed by atoms with E-state index in [-0.39, 0.29) is 0 Å². The van der Waals surface area contributed by atoms with Gasteiger partial charge in [0.25, 0.3) is 0 Å². The van der Waals surface area contributed by atoms with Gasteiger partial charge in [-0.15, -0.1) is 0 Å². The van der Waals surface area contributed by atoms with Crippen LogP contribution in [0.3, 0.4) is 0 Å². The SMILES string of the molecule is ICC1(CCC2CC3CC(C2)C3(CI)CI)CC2CCC1C2.